The predicted octanol–water partition coefficient (Wildman–Crippen LogP) is 2.86. The van der Waals surface area contributed by atoms with E-state index in [1.54, 1.807) is 0 Å². The maximum atomic E-state index is 5.53. The number of alkyl halides is 1. The van der Waals surface area contributed by atoms with Crippen molar-refractivity contribution in [2.24, 2.45) is 0 Å². The van der Waals surface area contributed by atoms with Gasteiger partial charge in [0.1, 0.15) is 12.4 Å². The van der Waals surface area contributed by atoms with Crippen molar-refractivity contribution in [1.29, 1.82) is 0 Å². The maximum Gasteiger partial charge on any atom is 0.127 e. The molecule has 1 heterocycles. The summed E-state index contributed by atoms with van der Waals surface area (Å²) in [5.74, 6) is 0.988. The second kappa shape index (κ2) is 3.31. The second-order valence-corrected chi connectivity index (χ2v) is 3.32. The average molecular weight is 225 g/mol. The van der Waals surface area contributed by atoms with Gasteiger partial charge in [0.15, 0.2) is 0 Å². The normalized spacial score (nSPS) is 14.6. The van der Waals surface area contributed by atoms with Crippen LogP contribution in [0.1, 0.15) is 5.56 Å². The molecular weight excluding hydrogens is 216 g/mol. The molecule has 0 fully saturated rings. The summed E-state index contributed by atoms with van der Waals surface area (Å²) in [6, 6.07) is 8.08. The molecule has 12 heavy (non-hydrogen) atoms. The highest BCUT2D eigenvalue weighted by atomic mass is 79.9. The Hall–Kier alpha value is -0.760. The van der Waals surface area contributed by atoms with E-state index in [0.717, 1.165) is 11.1 Å². The van der Waals surface area contributed by atoms with E-state index in [9.17, 15) is 0 Å². The first kappa shape index (κ1) is 7.87. The van der Waals surface area contributed by atoms with Gasteiger partial charge in [-0.15, -0.1) is 0 Å². The molecule has 0 radical (unpaired) electrons. The minimum atomic E-state index is 0.711. The van der Waals surface area contributed by atoms with Gasteiger partial charge in [0.2, 0.25) is 0 Å². The molecule has 0 saturated heterocycles. The highest BCUT2D eigenvalue weighted by Crippen LogP contribution is 2.25. The van der Waals surface area contributed by atoms with Gasteiger partial charge >= 0.3 is 0 Å². The summed E-state index contributed by atoms with van der Waals surface area (Å²) < 4.78 is 5.53. The smallest absolute Gasteiger partial charge is 0.127 e. The van der Waals surface area contributed by atoms with Gasteiger partial charge in [0, 0.05) is 10.9 Å². The maximum absolute atomic E-state index is 5.53. The molecule has 1 aliphatic heterocycles. The lowest BCUT2D eigenvalue weighted by atomic mass is 10.1. The first-order valence-corrected chi connectivity index (χ1v) is 4.99. The van der Waals surface area contributed by atoms with Crippen LogP contribution in [-0.4, -0.2) is 11.9 Å². The molecule has 1 aromatic rings. The molecule has 1 aromatic carbocycles. The van der Waals surface area contributed by atoms with Crippen molar-refractivity contribution >= 4 is 22.0 Å². The summed E-state index contributed by atoms with van der Waals surface area (Å²) in [6.07, 6.45) is 2.17. The van der Waals surface area contributed by atoms with Gasteiger partial charge in [-0.05, 0) is 17.7 Å². The van der Waals surface area contributed by atoms with Crippen LogP contribution in [0.2, 0.25) is 0 Å². The van der Waals surface area contributed by atoms with E-state index in [-0.39, 0.29) is 0 Å². The molecule has 0 aromatic heterocycles. The second-order valence-electron chi connectivity index (χ2n) is 2.76. The molecular formula is C10H9BrO. The predicted molar refractivity (Wildman–Crippen MR) is 53.7 cm³/mol. The van der Waals surface area contributed by atoms with Crippen molar-refractivity contribution in [3.63, 3.8) is 0 Å². The third kappa shape index (κ3) is 1.39. The average Bonchev–Trinajstić information content (AvgIpc) is 2.17. The first-order chi connectivity index (χ1) is 5.90. The Morgan fingerprint density at radius 1 is 1.33 bits per heavy atom. The molecule has 2 heteroatoms. The number of rotatable bonds is 1. The van der Waals surface area contributed by atoms with Crippen molar-refractivity contribution in [1.82, 2.24) is 0 Å². The van der Waals surface area contributed by atoms with E-state index in [0.29, 0.717) is 6.61 Å². The van der Waals surface area contributed by atoms with E-state index < -0.39 is 0 Å². The van der Waals surface area contributed by atoms with Crippen LogP contribution < -0.4 is 4.74 Å². The van der Waals surface area contributed by atoms with Crippen LogP contribution in [0.4, 0.5) is 0 Å². The number of hydrogen-bond donors (Lipinski definition) is 0. The molecule has 0 saturated carbocycles. The molecule has 0 N–H and O–H groups in total. The van der Waals surface area contributed by atoms with Gasteiger partial charge in [-0.1, -0.05) is 34.1 Å². The fourth-order valence-electron chi connectivity index (χ4n) is 1.24. The Bertz CT molecular complexity index is 317. The van der Waals surface area contributed by atoms with Crippen LogP contribution in [0.15, 0.2) is 29.8 Å². The van der Waals surface area contributed by atoms with Crippen molar-refractivity contribution in [2.45, 2.75) is 0 Å². The number of hydrogen-bond acceptors (Lipinski definition) is 1. The zero-order chi connectivity index (χ0) is 8.39. The largest absolute Gasteiger partial charge is 0.489 e. The first-order valence-electron chi connectivity index (χ1n) is 3.87. The SMILES string of the molecule is BrCC1=Cc2ccccc2OC1. The van der Waals surface area contributed by atoms with Crippen molar-refractivity contribution in [3.8, 4) is 5.75 Å². The van der Waals surface area contributed by atoms with Crippen molar-refractivity contribution < 1.29 is 4.74 Å². The lowest BCUT2D eigenvalue weighted by Gasteiger charge is -2.15. The fourth-order valence-corrected chi connectivity index (χ4v) is 1.56. The Kier molecular flexibility index (Phi) is 2.17. The van der Waals surface area contributed by atoms with E-state index in [1.807, 2.05) is 18.2 Å². The number of ether oxygens (including phenoxy) is 1. The van der Waals surface area contributed by atoms with E-state index >= 15 is 0 Å². The number of halogens is 1. The topological polar surface area (TPSA) is 9.23 Å². The number of para-hydroxylation sites is 1. The zero-order valence-electron chi connectivity index (χ0n) is 6.59. The molecule has 1 aliphatic rings. The van der Waals surface area contributed by atoms with Gasteiger partial charge in [-0.25, -0.2) is 0 Å². The molecule has 1 nitrogen and oxygen atoms in total. The Morgan fingerprint density at radius 2 is 2.17 bits per heavy atom. The summed E-state index contributed by atoms with van der Waals surface area (Å²) >= 11 is 3.41. The zero-order valence-corrected chi connectivity index (χ0v) is 8.17. The van der Waals surface area contributed by atoms with Gasteiger partial charge in [-0.3, -0.25) is 0 Å². The van der Waals surface area contributed by atoms with Crippen molar-refractivity contribution in [3.05, 3.63) is 35.4 Å². The van der Waals surface area contributed by atoms with Crippen LogP contribution >= 0.6 is 15.9 Å². The molecule has 2 rings (SSSR count). The molecule has 0 spiro atoms. The molecule has 0 unspecified atom stereocenters. The lowest BCUT2D eigenvalue weighted by molar-refractivity contribution is 0.348. The summed E-state index contributed by atoms with van der Waals surface area (Å²) in [4.78, 5) is 0. The van der Waals surface area contributed by atoms with Crippen LogP contribution in [0.5, 0.6) is 5.75 Å². The molecule has 0 atom stereocenters. The summed E-state index contributed by atoms with van der Waals surface area (Å²) in [5, 5.41) is 0.890. The molecule has 0 amide bonds. The minimum absolute atomic E-state index is 0.711. The van der Waals surface area contributed by atoms with Crippen LogP contribution in [0, 0.1) is 0 Å². The standard InChI is InChI=1S/C10H9BrO/c11-6-8-5-9-3-1-2-4-10(9)12-7-8/h1-5H,6-7H2. The summed E-state index contributed by atoms with van der Waals surface area (Å²) in [5.41, 5.74) is 2.46. The summed E-state index contributed by atoms with van der Waals surface area (Å²) in [7, 11) is 0. The van der Waals surface area contributed by atoms with E-state index in [1.165, 1.54) is 11.1 Å². The van der Waals surface area contributed by atoms with E-state index in [2.05, 4.69) is 28.1 Å². The summed E-state index contributed by atoms with van der Waals surface area (Å²) in [6.45, 7) is 0.711. The monoisotopic (exact) mass is 224 g/mol. The van der Waals surface area contributed by atoms with Crippen LogP contribution in [-0.2, 0) is 0 Å². The molecule has 0 aliphatic carbocycles. The number of fused-ring (bicyclic) bond motifs is 1. The fraction of sp³-hybridized carbons (Fsp3) is 0.200. The Labute approximate surface area is 80.2 Å². The minimum Gasteiger partial charge on any atom is -0.489 e. The van der Waals surface area contributed by atoms with Gasteiger partial charge in [0.25, 0.3) is 0 Å². The van der Waals surface area contributed by atoms with Gasteiger partial charge < -0.3 is 4.74 Å². The third-order valence-electron chi connectivity index (χ3n) is 1.86. The number of benzene rings is 1. The van der Waals surface area contributed by atoms with Gasteiger partial charge in [-0.2, -0.15) is 0 Å². The molecule has 62 valence electrons. The molecule has 0 bridgehead atoms. The Morgan fingerprint density at radius 3 is 3.00 bits per heavy atom. The van der Waals surface area contributed by atoms with Gasteiger partial charge in [0.05, 0.1) is 0 Å². The van der Waals surface area contributed by atoms with Crippen LogP contribution in [0.25, 0.3) is 6.08 Å². The highest BCUT2D eigenvalue weighted by molar-refractivity contribution is 9.09. The lowest BCUT2D eigenvalue weighted by Crippen LogP contribution is -2.07. The Balaban J connectivity index is 2.41. The quantitative estimate of drug-likeness (QED) is 0.667. The van der Waals surface area contributed by atoms with E-state index in [4.69, 9.17) is 4.74 Å². The van der Waals surface area contributed by atoms with Crippen molar-refractivity contribution in [2.75, 3.05) is 11.9 Å². The third-order valence-corrected chi connectivity index (χ3v) is 2.58. The van der Waals surface area contributed by atoms with Crippen LogP contribution in [0.3, 0.4) is 0 Å². The highest BCUT2D eigenvalue weighted by Gasteiger charge is 2.08.